The average Bonchev–Trinajstić information content (AvgIpc) is 2.80. The van der Waals surface area contributed by atoms with Crippen molar-refractivity contribution in [2.24, 2.45) is 0 Å². The number of carbonyl (C=O) groups excluding carboxylic acids is 1. The summed E-state index contributed by atoms with van der Waals surface area (Å²) < 4.78 is 5.19. The van der Waals surface area contributed by atoms with Gasteiger partial charge in [0, 0.05) is 44.1 Å². The molecule has 1 aromatic carbocycles. The molecule has 0 atom stereocenters. The van der Waals surface area contributed by atoms with Crippen molar-refractivity contribution in [2.45, 2.75) is 0 Å². The maximum Gasteiger partial charge on any atom is 0.321 e. The number of benzene rings is 1. The fourth-order valence-electron chi connectivity index (χ4n) is 3.17. The van der Waals surface area contributed by atoms with E-state index >= 15 is 0 Å². The number of hydrogen-bond acceptors (Lipinski definition) is 7. The Morgan fingerprint density at radius 3 is 2.53 bits per heavy atom. The summed E-state index contributed by atoms with van der Waals surface area (Å²) in [6, 6.07) is 16.6. The number of nitrogens with zero attached hydrogens (tertiary/aromatic N) is 5. The molecule has 2 amide bonds. The molecule has 1 aliphatic heterocycles. The maximum absolute atomic E-state index is 12.5. The van der Waals surface area contributed by atoms with Gasteiger partial charge in [0.05, 0.1) is 7.11 Å². The molecular formula is C21H23N7O2. The van der Waals surface area contributed by atoms with Crippen LogP contribution in [0.5, 0.6) is 5.75 Å². The number of anilines is 4. The second kappa shape index (κ2) is 9.08. The monoisotopic (exact) mass is 405 g/mol. The van der Waals surface area contributed by atoms with E-state index in [0.29, 0.717) is 43.4 Å². The van der Waals surface area contributed by atoms with E-state index in [0.717, 1.165) is 11.6 Å². The van der Waals surface area contributed by atoms with Crippen LogP contribution in [0.4, 0.5) is 27.9 Å². The molecule has 3 aromatic rings. The zero-order valence-corrected chi connectivity index (χ0v) is 16.7. The lowest BCUT2D eigenvalue weighted by atomic mass is 10.3. The van der Waals surface area contributed by atoms with Gasteiger partial charge in [0.15, 0.2) is 11.6 Å². The van der Waals surface area contributed by atoms with Crippen LogP contribution in [0.3, 0.4) is 0 Å². The van der Waals surface area contributed by atoms with Crippen molar-refractivity contribution >= 4 is 29.2 Å². The molecule has 9 heteroatoms. The first-order chi connectivity index (χ1) is 14.7. The fourth-order valence-corrected chi connectivity index (χ4v) is 3.17. The average molecular weight is 405 g/mol. The summed E-state index contributed by atoms with van der Waals surface area (Å²) in [5.41, 5.74) is 0.712. The zero-order chi connectivity index (χ0) is 20.8. The third-order valence-electron chi connectivity index (χ3n) is 4.78. The molecule has 0 spiro atoms. The normalized spacial score (nSPS) is 13.6. The fraction of sp³-hybridized carbons (Fsp3) is 0.238. The third-order valence-corrected chi connectivity index (χ3v) is 4.78. The van der Waals surface area contributed by atoms with Crippen LogP contribution >= 0.6 is 0 Å². The molecule has 1 fully saturated rings. The highest BCUT2D eigenvalue weighted by Gasteiger charge is 2.22. The molecule has 0 unspecified atom stereocenters. The van der Waals surface area contributed by atoms with Gasteiger partial charge in [-0.1, -0.05) is 12.1 Å². The number of ether oxygens (including phenoxy) is 1. The largest absolute Gasteiger partial charge is 0.497 e. The lowest BCUT2D eigenvalue weighted by Gasteiger charge is -2.35. The molecule has 1 aliphatic rings. The summed E-state index contributed by atoms with van der Waals surface area (Å²) in [5, 5.41) is 14.6. The van der Waals surface area contributed by atoms with Gasteiger partial charge in [-0.05, 0) is 36.4 Å². The van der Waals surface area contributed by atoms with E-state index in [4.69, 9.17) is 4.74 Å². The molecule has 0 radical (unpaired) electrons. The van der Waals surface area contributed by atoms with Gasteiger partial charge in [0.1, 0.15) is 11.6 Å². The molecule has 9 nitrogen and oxygen atoms in total. The summed E-state index contributed by atoms with van der Waals surface area (Å²) in [6.45, 7) is 2.58. The minimum absolute atomic E-state index is 0.121. The summed E-state index contributed by atoms with van der Waals surface area (Å²) >= 11 is 0. The Labute approximate surface area is 174 Å². The molecule has 154 valence electrons. The molecule has 4 rings (SSSR count). The second-order valence-corrected chi connectivity index (χ2v) is 6.75. The van der Waals surface area contributed by atoms with E-state index < -0.39 is 0 Å². The van der Waals surface area contributed by atoms with Gasteiger partial charge in [-0.3, -0.25) is 0 Å². The predicted octanol–water partition coefficient (Wildman–Crippen LogP) is 2.98. The third kappa shape index (κ3) is 4.75. The molecule has 0 saturated carbocycles. The van der Waals surface area contributed by atoms with Crippen molar-refractivity contribution < 1.29 is 9.53 Å². The van der Waals surface area contributed by atoms with Gasteiger partial charge in [-0.15, -0.1) is 10.2 Å². The van der Waals surface area contributed by atoms with Crippen LogP contribution in [0, 0.1) is 0 Å². The number of amides is 2. The van der Waals surface area contributed by atoms with E-state index in [1.165, 1.54) is 0 Å². The number of nitrogens with one attached hydrogen (secondary N) is 2. The number of piperazine rings is 1. The molecule has 0 aliphatic carbocycles. The van der Waals surface area contributed by atoms with Crippen LogP contribution in [0.25, 0.3) is 0 Å². The minimum atomic E-state index is -0.121. The van der Waals surface area contributed by atoms with Gasteiger partial charge in [-0.25, -0.2) is 9.78 Å². The quantitative estimate of drug-likeness (QED) is 0.674. The Morgan fingerprint density at radius 1 is 0.967 bits per heavy atom. The maximum atomic E-state index is 12.5. The van der Waals surface area contributed by atoms with Crippen LogP contribution in [-0.4, -0.2) is 59.4 Å². The number of carbonyl (C=O) groups is 1. The first-order valence-electron chi connectivity index (χ1n) is 9.68. The summed E-state index contributed by atoms with van der Waals surface area (Å²) in [6.07, 6.45) is 1.72. The first-order valence-corrected chi connectivity index (χ1v) is 9.68. The highest BCUT2D eigenvalue weighted by Crippen LogP contribution is 2.19. The Balaban J connectivity index is 1.30. The van der Waals surface area contributed by atoms with E-state index in [1.54, 1.807) is 24.3 Å². The van der Waals surface area contributed by atoms with Gasteiger partial charge in [0.2, 0.25) is 0 Å². The predicted molar refractivity (Wildman–Crippen MR) is 115 cm³/mol. The van der Waals surface area contributed by atoms with Crippen molar-refractivity contribution in [3.63, 3.8) is 0 Å². The van der Waals surface area contributed by atoms with Crippen molar-refractivity contribution in [2.75, 3.05) is 48.8 Å². The van der Waals surface area contributed by atoms with Crippen molar-refractivity contribution in [3.8, 4) is 5.75 Å². The highest BCUT2D eigenvalue weighted by molar-refractivity contribution is 5.89. The molecular weight excluding hydrogens is 382 g/mol. The summed E-state index contributed by atoms with van der Waals surface area (Å²) in [7, 11) is 1.60. The second-order valence-electron chi connectivity index (χ2n) is 6.75. The molecule has 2 N–H and O–H groups in total. The molecule has 0 bridgehead atoms. The zero-order valence-electron chi connectivity index (χ0n) is 16.7. The number of hydrogen-bond donors (Lipinski definition) is 2. The lowest BCUT2D eigenvalue weighted by Crippen LogP contribution is -2.50. The van der Waals surface area contributed by atoms with Crippen LogP contribution in [0.15, 0.2) is 60.8 Å². The van der Waals surface area contributed by atoms with E-state index in [-0.39, 0.29) is 6.03 Å². The summed E-state index contributed by atoms with van der Waals surface area (Å²) in [5.74, 6) is 2.84. The number of methoxy groups -OCH3 is 1. The topological polar surface area (TPSA) is 95.5 Å². The van der Waals surface area contributed by atoms with Crippen LogP contribution in [-0.2, 0) is 0 Å². The number of urea groups is 1. The van der Waals surface area contributed by atoms with Gasteiger partial charge in [0.25, 0.3) is 0 Å². The minimum Gasteiger partial charge on any atom is -0.497 e. The van der Waals surface area contributed by atoms with Gasteiger partial charge >= 0.3 is 6.03 Å². The van der Waals surface area contributed by atoms with Gasteiger partial charge < -0.3 is 25.2 Å². The van der Waals surface area contributed by atoms with Crippen LogP contribution in [0.1, 0.15) is 0 Å². The van der Waals surface area contributed by atoms with Gasteiger partial charge in [-0.2, -0.15) is 0 Å². The van der Waals surface area contributed by atoms with Crippen molar-refractivity contribution in [1.29, 1.82) is 0 Å². The molecule has 3 heterocycles. The van der Waals surface area contributed by atoms with Crippen LogP contribution in [0.2, 0.25) is 0 Å². The van der Waals surface area contributed by atoms with E-state index in [1.807, 2.05) is 48.5 Å². The molecule has 2 aromatic heterocycles. The number of aromatic nitrogens is 3. The molecule has 30 heavy (non-hydrogen) atoms. The number of pyridine rings is 1. The van der Waals surface area contributed by atoms with E-state index in [2.05, 4.69) is 30.7 Å². The Bertz CT molecular complexity index is 974. The standard InChI is InChI=1S/C21H23N7O2/c1-30-17-6-4-5-16(15-17)23-21(29)28-13-11-27(12-14-28)20-9-8-19(25-26-20)24-18-7-2-3-10-22-18/h2-10,15H,11-14H2,1H3,(H,23,29)(H,22,24,25). The Hall–Kier alpha value is -3.88. The lowest BCUT2D eigenvalue weighted by molar-refractivity contribution is 0.208. The van der Waals surface area contributed by atoms with Crippen molar-refractivity contribution in [1.82, 2.24) is 20.1 Å². The first kappa shape index (κ1) is 19.4. The molecule has 1 saturated heterocycles. The Kier molecular flexibility index (Phi) is 5.88. The van der Waals surface area contributed by atoms with E-state index in [9.17, 15) is 4.79 Å². The highest BCUT2D eigenvalue weighted by atomic mass is 16.5. The van der Waals surface area contributed by atoms with Crippen LogP contribution < -0.4 is 20.3 Å². The summed E-state index contributed by atoms with van der Waals surface area (Å²) in [4.78, 5) is 20.7. The smallest absolute Gasteiger partial charge is 0.321 e. The Morgan fingerprint density at radius 2 is 1.83 bits per heavy atom. The SMILES string of the molecule is COc1cccc(NC(=O)N2CCN(c3ccc(Nc4ccccn4)nn3)CC2)c1. The van der Waals surface area contributed by atoms with Crippen molar-refractivity contribution in [3.05, 3.63) is 60.8 Å². The number of rotatable bonds is 5.